The van der Waals surface area contributed by atoms with E-state index in [0.717, 1.165) is 38.9 Å². The summed E-state index contributed by atoms with van der Waals surface area (Å²) in [5.74, 6) is -0.0127. The SMILES string of the molecule is O=C(NCCc1c[nH]c(=O)[nH]c1=O)[C@H]1CC2(CCNCC2)CN1. The van der Waals surface area contributed by atoms with Gasteiger partial charge in [0, 0.05) is 24.8 Å². The van der Waals surface area contributed by atoms with Gasteiger partial charge in [0.15, 0.2) is 0 Å². The predicted molar refractivity (Wildman–Crippen MR) is 85.3 cm³/mol. The van der Waals surface area contributed by atoms with Crippen molar-refractivity contribution >= 4 is 5.91 Å². The number of H-pyrrole nitrogens is 2. The van der Waals surface area contributed by atoms with E-state index in [2.05, 4.69) is 25.9 Å². The first-order valence-electron chi connectivity index (χ1n) is 8.11. The Bertz CT molecular complexity index is 674. The molecule has 1 aromatic rings. The molecule has 0 saturated carbocycles. The number of carbonyl (C=O) groups is 1. The smallest absolute Gasteiger partial charge is 0.325 e. The van der Waals surface area contributed by atoms with Crippen LogP contribution in [-0.2, 0) is 11.2 Å². The minimum Gasteiger partial charge on any atom is -0.354 e. The summed E-state index contributed by atoms with van der Waals surface area (Å²) in [6.45, 7) is 3.31. The summed E-state index contributed by atoms with van der Waals surface area (Å²) in [6.07, 6.45) is 4.87. The summed E-state index contributed by atoms with van der Waals surface area (Å²) in [5, 5.41) is 9.56. The third-order valence-corrected chi connectivity index (χ3v) is 4.93. The van der Waals surface area contributed by atoms with E-state index in [0.29, 0.717) is 18.5 Å². The van der Waals surface area contributed by atoms with Gasteiger partial charge >= 0.3 is 5.69 Å². The van der Waals surface area contributed by atoms with Crippen LogP contribution in [0.3, 0.4) is 0 Å². The number of aromatic nitrogens is 2. The minimum atomic E-state index is -0.523. The highest BCUT2D eigenvalue weighted by Crippen LogP contribution is 2.37. The Labute approximate surface area is 133 Å². The monoisotopic (exact) mass is 321 g/mol. The Balaban J connectivity index is 1.48. The van der Waals surface area contributed by atoms with E-state index >= 15 is 0 Å². The minimum absolute atomic E-state index is 0.0127. The molecule has 126 valence electrons. The number of piperidine rings is 1. The van der Waals surface area contributed by atoms with E-state index in [1.807, 2.05) is 0 Å². The summed E-state index contributed by atoms with van der Waals surface area (Å²) in [5.41, 5.74) is -0.219. The largest absolute Gasteiger partial charge is 0.354 e. The van der Waals surface area contributed by atoms with Crippen LogP contribution < -0.4 is 27.2 Å². The lowest BCUT2D eigenvalue weighted by atomic mass is 9.77. The highest BCUT2D eigenvalue weighted by atomic mass is 16.2. The topological polar surface area (TPSA) is 119 Å². The van der Waals surface area contributed by atoms with Crippen LogP contribution in [0.4, 0.5) is 0 Å². The summed E-state index contributed by atoms with van der Waals surface area (Å²) >= 11 is 0. The summed E-state index contributed by atoms with van der Waals surface area (Å²) in [7, 11) is 0. The van der Waals surface area contributed by atoms with Crippen LogP contribution in [0.25, 0.3) is 0 Å². The molecule has 2 saturated heterocycles. The first-order chi connectivity index (χ1) is 11.1. The van der Waals surface area contributed by atoms with Crippen molar-refractivity contribution in [2.75, 3.05) is 26.2 Å². The van der Waals surface area contributed by atoms with Gasteiger partial charge in [-0.15, -0.1) is 0 Å². The molecule has 1 amide bonds. The van der Waals surface area contributed by atoms with Crippen LogP contribution in [0.5, 0.6) is 0 Å². The molecule has 0 bridgehead atoms. The zero-order valence-electron chi connectivity index (χ0n) is 13.0. The maximum absolute atomic E-state index is 12.3. The van der Waals surface area contributed by atoms with Gasteiger partial charge in [-0.25, -0.2) is 4.79 Å². The van der Waals surface area contributed by atoms with Crippen molar-refractivity contribution in [1.82, 2.24) is 25.9 Å². The molecule has 3 rings (SSSR count). The van der Waals surface area contributed by atoms with Gasteiger partial charge in [-0.2, -0.15) is 0 Å². The zero-order valence-corrected chi connectivity index (χ0v) is 13.0. The van der Waals surface area contributed by atoms with Crippen LogP contribution in [0.1, 0.15) is 24.8 Å². The van der Waals surface area contributed by atoms with Gasteiger partial charge in [-0.05, 0) is 44.2 Å². The molecule has 1 atom stereocenters. The first kappa shape index (κ1) is 15.9. The molecule has 2 fully saturated rings. The number of hydrogen-bond acceptors (Lipinski definition) is 5. The summed E-state index contributed by atoms with van der Waals surface area (Å²) in [4.78, 5) is 39.4. The lowest BCUT2D eigenvalue weighted by Crippen LogP contribution is -2.41. The number of amides is 1. The second-order valence-corrected chi connectivity index (χ2v) is 6.53. The van der Waals surface area contributed by atoms with Crippen molar-refractivity contribution in [3.05, 3.63) is 32.6 Å². The van der Waals surface area contributed by atoms with Crippen molar-refractivity contribution in [2.45, 2.75) is 31.7 Å². The molecule has 2 aliphatic rings. The molecule has 0 unspecified atom stereocenters. The van der Waals surface area contributed by atoms with Crippen LogP contribution in [0.15, 0.2) is 15.8 Å². The standard InChI is InChI=1S/C15H23N5O3/c21-12-10(8-18-14(23)20-12)1-4-17-13(22)11-7-15(9-19-11)2-5-16-6-3-15/h8,11,16,19H,1-7,9H2,(H,17,22)(H2,18,20,21,23)/t11-/m1/s1. The molecule has 0 aromatic carbocycles. The van der Waals surface area contributed by atoms with Gasteiger partial charge in [-0.3, -0.25) is 14.6 Å². The highest BCUT2D eigenvalue weighted by Gasteiger charge is 2.41. The second-order valence-electron chi connectivity index (χ2n) is 6.53. The molecule has 8 nitrogen and oxygen atoms in total. The number of carbonyl (C=O) groups excluding carboxylic acids is 1. The zero-order chi connectivity index (χ0) is 16.3. The highest BCUT2D eigenvalue weighted by molar-refractivity contribution is 5.82. The van der Waals surface area contributed by atoms with Crippen LogP contribution >= 0.6 is 0 Å². The summed E-state index contributed by atoms with van der Waals surface area (Å²) in [6, 6.07) is -0.151. The molecule has 5 N–H and O–H groups in total. The van der Waals surface area contributed by atoms with Crippen LogP contribution in [0.2, 0.25) is 0 Å². The molecule has 23 heavy (non-hydrogen) atoms. The molecule has 2 aliphatic heterocycles. The van der Waals surface area contributed by atoms with Crippen molar-refractivity contribution in [3.8, 4) is 0 Å². The van der Waals surface area contributed by atoms with E-state index < -0.39 is 11.2 Å². The maximum Gasteiger partial charge on any atom is 0.325 e. The number of rotatable bonds is 4. The molecule has 8 heteroatoms. The quantitative estimate of drug-likeness (QED) is 0.460. The second kappa shape index (κ2) is 6.67. The number of aromatic amines is 2. The third-order valence-electron chi connectivity index (χ3n) is 4.93. The average Bonchev–Trinajstić information content (AvgIpc) is 2.94. The fourth-order valence-corrected chi connectivity index (χ4v) is 3.51. The van der Waals surface area contributed by atoms with E-state index in [1.165, 1.54) is 6.20 Å². The lowest BCUT2D eigenvalue weighted by molar-refractivity contribution is -0.122. The Hall–Kier alpha value is -1.93. The van der Waals surface area contributed by atoms with E-state index in [9.17, 15) is 14.4 Å². The molecular formula is C15H23N5O3. The Morgan fingerprint density at radius 1 is 1.30 bits per heavy atom. The normalized spacial score (nSPS) is 23.0. The van der Waals surface area contributed by atoms with E-state index in [4.69, 9.17) is 0 Å². The lowest BCUT2D eigenvalue weighted by Gasteiger charge is -2.33. The number of nitrogens with one attached hydrogen (secondary N) is 5. The van der Waals surface area contributed by atoms with Crippen LogP contribution in [-0.4, -0.2) is 48.1 Å². The molecule has 0 aliphatic carbocycles. The van der Waals surface area contributed by atoms with E-state index in [-0.39, 0.29) is 17.4 Å². The Kier molecular flexibility index (Phi) is 4.63. The molecule has 1 aromatic heterocycles. The van der Waals surface area contributed by atoms with Crippen molar-refractivity contribution in [3.63, 3.8) is 0 Å². The molecular weight excluding hydrogens is 298 g/mol. The molecule has 0 radical (unpaired) electrons. The van der Waals surface area contributed by atoms with Crippen molar-refractivity contribution in [2.24, 2.45) is 5.41 Å². The fraction of sp³-hybridized carbons (Fsp3) is 0.667. The third kappa shape index (κ3) is 3.70. The Morgan fingerprint density at radius 3 is 2.83 bits per heavy atom. The molecule has 3 heterocycles. The molecule has 1 spiro atoms. The Morgan fingerprint density at radius 2 is 2.09 bits per heavy atom. The fourth-order valence-electron chi connectivity index (χ4n) is 3.51. The van der Waals surface area contributed by atoms with Crippen LogP contribution in [0, 0.1) is 5.41 Å². The van der Waals surface area contributed by atoms with Gasteiger partial charge in [0.25, 0.3) is 5.56 Å². The maximum atomic E-state index is 12.3. The van der Waals surface area contributed by atoms with E-state index in [1.54, 1.807) is 0 Å². The first-order valence-corrected chi connectivity index (χ1v) is 8.11. The van der Waals surface area contributed by atoms with Gasteiger partial charge < -0.3 is 20.9 Å². The predicted octanol–water partition coefficient (Wildman–Crippen LogP) is -1.55. The van der Waals surface area contributed by atoms with Gasteiger partial charge in [-0.1, -0.05) is 0 Å². The van der Waals surface area contributed by atoms with Gasteiger partial charge in [0.1, 0.15) is 0 Å². The van der Waals surface area contributed by atoms with Gasteiger partial charge in [0.05, 0.1) is 6.04 Å². The van der Waals surface area contributed by atoms with Gasteiger partial charge in [0.2, 0.25) is 5.91 Å². The summed E-state index contributed by atoms with van der Waals surface area (Å²) < 4.78 is 0. The van der Waals surface area contributed by atoms with Crippen molar-refractivity contribution < 1.29 is 4.79 Å². The number of hydrogen-bond donors (Lipinski definition) is 5. The average molecular weight is 321 g/mol. The van der Waals surface area contributed by atoms with Crippen molar-refractivity contribution in [1.29, 1.82) is 0 Å².